The lowest BCUT2D eigenvalue weighted by molar-refractivity contribution is -0.147. The van der Waals surface area contributed by atoms with Crippen LogP contribution in [-0.4, -0.2) is 23.4 Å². The fraction of sp³-hybridized carbons (Fsp3) is 0.545. The van der Waals surface area contributed by atoms with Crippen molar-refractivity contribution in [3.05, 3.63) is 45.4 Å². The molecule has 0 aliphatic heterocycles. The molecule has 1 aromatic rings. The standard InChI is InChI=1S/C22H25F4NO3S/c1-4-5-8-31-12(10-27)9-15-16(22(15,2)3)21(29)30-11-14-19(25)17(23)13(6-7-28)18(24)20(14)26/h9,15-16,28H,4-8,11H2,1-3H3/t15-,16+/m1/s1. The third kappa shape index (κ3) is 5.42. The van der Waals surface area contributed by atoms with E-state index in [1.165, 1.54) is 11.8 Å². The van der Waals surface area contributed by atoms with Gasteiger partial charge in [0.1, 0.15) is 12.7 Å². The number of unbranched alkanes of at least 4 members (excludes halogenated alkanes) is 1. The summed E-state index contributed by atoms with van der Waals surface area (Å²) in [6.07, 6.45) is 3.05. The molecule has 2 atom stereocenters. The number of aliphatic hydroxyl groups is 1. The largest absolute Gasteiger partial charge is 0.460 e. The topological polar surface area (TPSA) is 70.3 Å². The SMILES string of the molecule is CCCCSC(C#N)=C[C@@H]1[C@@H](C(=O)OCc2c(F)c(F)c(CCO)c(F)c2F)C1(C)C. The molecule has 1 aliphatic carbocycles. The second-order valence-corrected chi connectivity index (χ2v) is 9.10. The number of hydrogen-bond acceptors (Lipinski definition) is 5. The van der Waals surface area contributed by atoms with Crippen LogP contribution in [0.2, 0.25) is 0 Å². The predicted octanol–water partition coefficient (Wildman–Crippen LogP) is 5.03. The number of esters is 1. The monoisotopic (exact) mass is 459 g/mol. The van der Waals surface area contributed by atoms with E-state index in [0.717, 1.165) is 18.6 Å². The van der Waals surface area contributed by atoms with E-state index >= 15 is 0 Å². The first-order chi connectivity index (χ1) is 14.6. The molecule has 1 fully saturated rings. The van der Waals surface area contributed by atoms with Crippen LogP contribution in [-0.2, 0) is 22.6 Å². The van der Waals surface area contributed by atoms with Gasteiger partial charge in [-0.2, -0.15) is 5.26 Å². The van der Waals surface area contributed by atoms with Crippen molar-refractivity contribution in [2.45, 2.75) is 46.6 Å². The van der Waals surface area contributed by atoms with Crippen LogP contribution >= 0.6 is 11.8 Å². The Labute approximate surface area is 183 Å². The number of nitriles is 1. The first-order valence-corrected chi connectivity index (χ1v) is 11.0. The molecule has 1 aliphatic rings. The molecule has 0 unspecified atom stereocenters. The number of ether oxygens (including phenoxy) is 1. The summed E-state index contributed by atoms with van der Waals surface area (Å²) in [5.74, 6) is -7.46. The van der Waals surface area contributed by atoms with Gasteiger partial charge in [-0.05, 0) is 23.5 Å². The second-order valence-electron chi connectivity index (χ2n) is 7.96. The van der Waals surface area contributed by atoms with E-state index in [2.05, 4.69) is 6.07 Å². The molecule has 0 bridgehead atoms. The maximum atomic E-state index is 14.2. The number of carbonyl (C=O) groups is 1. The predicted molar refractivity (Wildman–Crippen MR) is 109 cm³/mol. The van der Waals surface area contributed by atoms with Crippen molar-refractivity contribution in [3.8, 4) is 6.07 Å². The summed E-state index contributed by atoms with van der Waals surface area (Å²) in [6, 6.07) is 2.10. The third-order valence-corrected chi connectivity index (χ3v) is 6.56. The zero-order valence-corrected chi connectivity index (χ0v) is 18.4. The van der Waals surface area contributed by atoms with Gasteiger partial charge in [0.05, 0.1) is 16.4 Å². The third-order valence-electron chi connectivity index (χ3n) is 5.53. The summed E-state index contributed by atoms with van der Waals surface area (Å²) in [5, 5.41) is 18.1. The Morgan fingerprint density at radius 3 is 2.29 bits per heavy atom. The van der Waals surface area contributed by atoms with E-state index in [1.807, 2.05) is 6.92 Å². The molecular weight excluding hydrogens is 434 g/mol. The minimum atomic E-state index is -1.65. The molecule has 0 amide bonds. The Morgan fingerprint density at radius 1 is 1.19 bits per heavy atom. The fourth-order valence-electron chi connectivity index (χ4n) is 3.46. The molecule has 0 saturated heterocycles. The highest BCUT2D eigenvalue weighted by molar-refractivity contribution is 8.03. The summed E-state index contributed by atoms with van der Waals surface area (Å²) in [4.78, 5) is 13.0. The van der Waals surface area contributed by atoms with Crippen molar-refractivity contribution in [2.24, 2.45) is 17.3 Å². The molecule has 0 aromatic heterocycles. The van der Waals surface area contributed by atoms with Gasteiger partial charge in [-0.25, -0.2) is 17.6 Å². The molecule has 2 rings (SSSR count). The van der Waals surface area contributed by atoms with Crippen LogP contribution < -0.4 is 0 Å². The molecule has 9 heteroatoms. The normalized spacial score (nSPS) is 19.8. The number of nitrogens with zero attached hydrogens (tertiary/aromatic N) is 1. The van der Waals surface area contributed by atoms with Gasteiger partial charge in [-0.3, -0.25) is 4.79 Å². The number of aliphatic hydroxyl groups excluding tert-OH is 1. The zero-order valence-electron chi connectivity index (χ0n) is 17.6. The van der Waals surface area contributed by atoms with Crippen LogP contribution in [0.5, 0.6) is 0 Å². The number of halogens is 4. The number of hydrogen-bond donors (Lipinski definition) is 1. The number of benzene rings is 1. The van der Waals surface area contributed by atoms with E-state index < -0.39 is 71.3 Å². The lowest BCUT2D eigenvalue weighted by Gasteiger charge is -2.12. The molecule has 4 nitrogen and oxygen atoms in total. The fourth-order valence-corrected chi connectivity index (χ4v) is 4.42. The van der Waals surface area contributed by atoms with Crippen LogP contribution in [0.15, 0.2) is 11.0 Å². The van der Waals surface area contributed by atoms with Gasteiger partial charge >= 0.3 is 5.97 Å². The van der Waals surface area contributed by atoms with Gasteiger partial charge in [0.15, 0.2) is 23.3 Å². The van der Waals surface area contributed by atoms with E-state index in [-0.39, 0.29) is 5.92 Å². The Morgan fingerprint density at radius 2 is 1.77 bits per heavy atom. The second kappa shape index (κ2) is 10.5. The summed E-state index contributed by atoms with van der Waals surface area (Å²) in [6.45, 7) is 3.99. The van der Waals surface area contributed by atoms with Crippen molar-refractivity contribution in [1.29, 1.82) is 5.26 Å². The molecule has 1 saturated carbocycles. The van der Waals surface area contributed by atoms with Gasteiger partial charge < -0.3 is 9.84 Å². The van der Waals surface area contributed by atoms with Crippen LogP contribution in [0, 0.1) is 51.9 Å². The molecule has 31 heavy (non-hydrogen) atoms. The first-order valence-electron chi connectivity index (χ1n) is 9.97. The molecule has 0 heterocycles. The summed E-state index contributed by atoms with van der Waals surface area (Å²) in [5.41, 5.74) is -2.45. The Balaban J connectivity index is 2.12. The Kier molecular flexibility index (Phi) is 8.55. The van der Waals surface area contributed by atoms with Gasteiger partial charge in [0.2, 0.25) is 0 Å². The quantitative estimate of drug-likeness (QED) is 0.175. The van der Waals surface area contributed by atoms with E-state index in [4.69, 9.17) is 9.84 Å². The van der Waals surface area contributed by atoms with Crippen molar-refractivity contribution in [1.82, 2.24) is 0 Å². The molecule has 0 radical (unpaired) electrons. The number of allylic oxidation sites excluding steroid dienone is 2. The highest BCUT2D eigenvalue weighted by Gasteiger charge is 2.61. The highest BCUT2D eigenvalue weighted by Crippen LogP contribution is 2.60. The van der Waals surface area contributed by atoms with E-state index in [9.17, 15) is 27.6 Å². The number of carbonyl (C=O) groups excluding carboxylic acids is 1. The van der Waals surface area contributed by atoms with Crippen molar-refractivity contribution in [2.75, 3.05) is 12.4 Å². The van der Waals surface area contributed by atoms with Crippen LogP contribution in [0.1, 0.15) is 44.7 Å². The van der Waals surface area contributed by atoms with Crippen molar-refractivity contribution < 1.29 is 32.2 Å². The summed E-state index contributed by atoms with van der Waals surface area (Å²) >= 11 is 1.40. The summed E-state index contributed by atoms with van der Waals surface area (Å²) < 4.78 is 61.4. The van der Waals surface area contributed by atoms with Gasteiger partial charge in [-0.1, -0.05) is 33.3 Å². The van der Waals surface area contributed by atoms with Gasteiger partial charge in [0, 0.05) is 18.6 Å². The summed E-state index contributed by atoms with van der Waals surface area (Å²) in [7, 11) is 0. The van der Waals surface area contributed by atoms with Gasteiger partial charge in [-0.15, -0.1) is 11.8 Å². The minimum absolute atomic E-state index is 0.293. The molecular formula is C22H25F4NO3S. The average molecular weight is 460 g/mol. The Bertz CT molecular complexity index is 882. The number of thioether (sulfide) groups is 1. The van der Waals surface area contributed by atoms with Crippen molar-refractivity contribution in [3.63, 3.8) is 0 Å². The zero-order chi connectivity index (χ0) is 23.3. The van der Waals surface area contributed by atoms with E-state index in [1.54, 1.807) is 19.9 Å². The molecule has 1 aromatic carbocycles. The van der Waals surface area contributed by atoms with E-state index in [0.29, 0.717) is 4.91 Å². The first kappa shape index (κ1) is 25.2. The molecule has 1 N–H and O–H groups in total. The average Bonchev–Trinajstić information content (AvgIpc) is 3.28. The number of rotatable bonds is 10. The molecule has 170 valence electrons. The van der Waals surface area contributed by atoms with Crippen LogP contribution in [0.3, 0.4) is 0 Å². The lowest BCUT2D eigenvalue weighted by atomic mass is 10.1. The maximum Gasteiger partial charge on any atom is 0.310 e. The van der Waals surface area contributed by atoms with Crippen LogP contribution in [0.4, 0.5) is 17.6 Å². The Hall–Kier alpha value is -2.05. The maximum absolute atomic E-state index is 14.2. The van der Waals surface area contributed by atoms with Gasteiger partial charge in [0.25, 0.3) is 0 Å². The highest BCUT2D eigenvalue weighted by atomic mass is 32.2. The minimum Gasteiger partial charge on any atom is -0.460 e. The lowest BCUT2D eigenvalue weighted by Crippen LogP contribution is -2.15. The van der Waals surface area contributed by atoms with Crippen LogP contribution in [0.25, 0.3) is 0 Å². The van der Waals surface area contributed by atoms with Crippen molar-refractivity contribution >= 4 is 17.7 Å². The smallest absolute Gasteiger partial charge is 0.310 e. The molecule has 0 spiro atoms.